The molecule has 0 spiro atoms. The molecular formula is C17H17N5O2. The van der Waals surface area contributed by atoms with Gasteiger partial charge in [-0.2, -0.15) is 0 Å². The van der Waals surface area contributed by atoms with Crippen molar-refractivity contribution < 1.29 is 9.21 Å². The largest absolute Gasteiger partial charge is 0.444 e. The summed E-state index contributed by atoms with van der Waals surface area (Å²) < 4.78 is 5.52. The molecule has 122 valence electrons. The highest BCUT2D eigenvalue weighted by Gasteiger charge is 2.29. The van der Waals surface area contributed by atoms with Crippen LogP contribution in [0.3, 0.4) is 0 Å². The number of rotatable bonds is 4. The average Bonchev–Trinajstić information content (AvgIpc) is 3.35. The van der Waals surface area contributed by atoms with Crippen LogP contribution in [0.2, 0.25) is 0 Å². The van der Waals surface area contributed by atoms with Crippen LogP contribution in [-0.4, -0.2) is 27.9 Å². The number of carbonyl (C=O) groups excluding carboxylic acids is 1. The zero-order valence-corrected chi connectivity index (χ0v) is 13.5. The second kappa shape index (κ2) is 5.59. The summed E-state index contributed by atoms with van der Waals surface area (Å²) in [6.45, 7) is 1.87. The second-order valence-electron chi connectivity index (χ2n) is 5.94. The fourth-order valence-corrected chi connectivity index (χ4v) is 2.62. The smallest absolute Gasteiger partial charge is 0.228 e. The van der Waals surface area contributed by atoms with Gasteiger partial charge < -0.3 is 15.1 Å². The molecule has 4 rings (SSSR count). The lowest BCUT2D eigenvalue weighted by molar-refractivity contribution is -0.117. The number of anilines is 2. The Hall–Kier alpha value is -2.96. The van der Waals surface area contributed by atoms with E-state index in [0.29, 0.717) is 17.5 Å². The van der Waals surface area contributed by atoms with Crippen molar-refractivity contribution in [3.8, 4) is 11.5 Å². The maximum atomic E-state index is 12.0. The Morgan fingerprint density at radius 1 is 1.25 bits per heavy atom. The molecule has 0 atom stereocenters. The average molecular weight is 323 g/mol. The molecule has 7 heteroatoms. The maximum absolute atomic E-state index is 12.0. The molecule has 3 aromatic heterocycles. The van der Waals surface area contributed by atoms with E-state index in [4.69, 9.17) is 4.42 Å². The zero-order valence-electron chi connectivity index (χ0n) is 13.5. The third-order valence-corrected chi connectivity index (χ3v) is 4.06. The van der Waals surface area contributed by atoms with Crippen molar-refractivity contribution in [1.82, 2.24) is 15.0 Å². The summed E-state index contributed by atoms with van der Waals surface area (Å²) in [5, 5.41) is 7.64. The normalized spacial score (nSPS) is 13.9. The Bertz CT molecular complexity index is 930. The number of fused-ring (bicyclic) bond motifs is 1. The molecule has 1 saturated carbocycles. The Balaban J connectivity index is 1.83. The van der Waals surface area contributed by atoms with Gasteiger partial charge >= 0.3 is 0 Å². The molecule has 0 aromatic carbocycles. The number of pyridine rings is 2. The van der Waals surface area contributed by atoms with Crippen molar-refractivity contribution in [1.29, 1.82) is 0 Å². The van der Waals surface area contributed by atoms with Crippen LogP contribution in [0.4, 0.5) is 11.6 Å². The number of aromatic nitrogens is 3. The van der Waals surface area contributed by atoms with Gasteiger partial charge in [0.1, 0.15) is 17.9 Å². The molecule has 3 aromatic rings. The standard InChI is InChI=1S/C17H17N5O2/c1-9-8-24-17(21-9)13-7-20-15(18-2)12-6-19-14(5-11(12)13)22-16(23)10-3-4-10/h5-8,10H,3-4H2,1-2H3,(H,18,20)(H,19,22,23). The topological polar surface area (TPSA) is 92.9 Å². The second-order valence-corrected chi connectivity index (χ2v) is 5.94. The summed E-state index contributed by atoms with van der Waals surface area (Å²) in [4.78, 5) is 25.1. The van der Waals surface area contributed by atoms with Crippen LogP contribution in [0.15, 0.2) is 29.1 Å². The molecule has 24 heavy (non-hydrogen) atoms. The van der Waals surface area contributed by atoms with E-state index in [1.54, 1.807) is 25.7 Å². The van der Waals surface area contributed by atoms with Crippen LogP contribution in [0, 0.1) is 12.8 Å². The minimum Gasteiger partial charge on any atom is -0.444 e. The number of hydrogen-bond acceptors (Lipinski definition) is 6. The Morgan fingerprint density at radius 2 is 2.08 bits per heavy atom. The SMILES string of the molecule is CNc1ncc(-c2nc(C)co2)c2cc(NC(=O)C3CC3)ncc12. The third-order valence-electron chi connectivity index (χ3n) is 4.06. The first-order chi connectivity index (χ1) is 11.7. The van der Waals surface area contributed by atoms with Gasteiger partial charge in [0.25, 0.3) is 0 Å². The quantitative estimate of drug-likeness (QED) is 0.767. The number of hydrogen-bond donors (Lipinski definition) is 2. The van der Waals surface area contributed by atoms with Gasteiger partial charge in [-0.25, -0.2) is 15.0 Å². The summed E-state index contributed by atoms with van der Waals surface area (Å²) in [6.07, 6.45) is 6.92. The van der Waals surface area contributed by atoms with Crippen LogP contribution in [0.5, 0.6) is 0 Å². The van der Waals surface area contributed by atoms with Gasteiger partial charge in [-0.1, -0.05) is 0 Å². The predicted octanol–water partition coefficient (Wildman–Crippen LogP) is 2.98. The molecule has 2 N–H and O–H groups in total. The highest BCUT2D eigenvalue weighted by molar-refractivity contribution is 6.02. The van der Waals surface area contributed by atoms with E-state index in [-0.39, 0.29) is 11.8 Å². The van der Waals surface area contributed by atoms with E-state index in [9.17, 15) is 4.79 Å². The number of carbonyl (C=O) groups is 1. The Kier molecular flexibility index (Phi) is 3.41. The van der Waals surface area contributed by atoms with Gasteiger partial charge in [-0.3, -0.25) is 4.79 Å². The maximum Gasteiger partial charge on any atom is 0.228 e. The molecule has 0 bridgehead atoms. The third kappa shape index (κ3) is 2.58. The van der Waals surface area contributed by atoms with E-state index < -0.39 is 0 Å². The highest BCUT2D eigenvalue weighted by atomic mass is 16.3. The number of amides is 1. The van der Waals surface area contributed by atoms with Crippen molar-refractivity contribution in [2.24, 2.45) is 5.92 Å². The molecule has 0 unspecified atom stereocenters. The van der Waals surface area contributed by atoms with Crippen LogP contribution >= 0.6 is 0 Å². The molecule has 3 heterocycles. The molecule has 1 fully saturated rings. The number of oxazole rings is 1. The minimum absolute atomic E-state index is 0.0262. The van der Waals surface area contributed by atoms with Crippen molar-refractivity contribution in [2.75, 3.05) is 17.7 Å². The molecule has 1 aliphatic carbocycles. The molecule has 0 saturated heterocycles. The summed E-state index contributed by atoms with van der Waals surface area (Å²) >= 11 is 0. The van der Waals surface area contributed by atoms with Gasteiger partial charge in [0.15, 0.2) is 0 Å². The highest BCUT2D eigenvalue weighted by Crippen LogP contribution is 2.33. The van der Waals surface area contributed by atoms with Gasteiger partial charge in [0.2, 0.25) is 11.8 Å². The summed E-state index contributed by atoms with van der Waals surface area (Å²) in [5.74, 6) is 1.89. The molecule has 1 aliphatic rings. The summed E-state index contributed by atoms with van der Waals surface area (Å²) in [6, 6.07) is 1.84. The number of nitrogens with zero attached hydrogens (tertiary/aromatic N) is 3. The lowest BCUT2D eigenvalue weighted by Crippen LogP contribution is -2.14. The first-order valence-corrected chi connectivity index (χ1v) is 7.85. The van der Waals surface area contributed by atoms with Crippen LogP contribution in [-0.2, 0) is 4.79 Å². The fourth-order valence-electron chi connectivity index (χ4n) is 2.62. The van der Waals surface area contributed by atoms with Gasteiger partial charge in [0, 0.05) is 36.1 Å². The lowest BCUT2D eigenvalue weighted by atomic mass is 10.1. The van der Waals surface area contributed by atoms with E-state index in [1.807, 2.05) is 13.0 Å². The minimum atomic E-state index is 0.0262. The summed E-state index contributed by atoms with van der Waals surface area (Å²) in [7, 11) is 1.81. The van der Waals surface area contributed by atoms with Crippen LogP contribution in [0.25, 0.3) is 22.2 Å². The van der Waals surface area contributed by atoms with Crippen molar-refractivity contribution >= 4 is 28.3 Å². The molecule has 7 nitrogen and oxygen atoms in total. The Labute approximate surface area is 138 Å². The molecule has 1 amide bonds. The lowest BCUT2D eigenvalue weighted by Gasteiger charge is -2.10. The van der Waals surface area contributed by atoms with Crippen molar-refractivity contribution in [3.05, 3.63) is 30.4 Å². The van der Waals surface area contributed by atoms with Crippen LogP contribution in [0.1, 0.15) is 18.5 Å². The van der Waals surface area contributed by atoms with Gasteiger partial charge in [-0.15, -0.1) is 0 Å². The van der Waals surface area contributed by atoms with Crippen molar-refractivity contribution in [2.45, 2.75) is 19.8 Å². The molecule has 0 radical (unpaired) electrons. The Morgan fingerprint density at radius 3 is 2.75 bits per heavy atom. The van der Waals surface area contributed by atoms with Gasteiger partial charge in [-0.05, 0) is 25.8 Å². The number of nitrogens with one attached hydrogen (secondary N) is 2. The number of aryl methyl sites for hydroxylation is 1. The monoisotopic (exact) mass is 323 g/mol. The first-order valence-electron chi connectivity index (χ1n) is 7.85. The van der Waals surface area contributed by atoms with E-state index in [0.717, 1.165) is 34.9 Å². The summed E-state index contributed by atoms with van der Waals surface area (Å²) in [5.41, 5.74) is 1.56. The van der Waals surface area contributed by atoms with E-state index in [2.05, 4.69) is 25.6 Å². The first kappa shape index (κ1) is 14.6. The van der Waals surface area contributed by atoms with E-state index >= 15 is 0 Å². The van der Waals surface area contributed by atoms with Crippen LogP contribution < -0.4 is 10.6 Å². The molecular weight excluding hydrogens is 306 g/mol. The van der Waals surface area contributed by atoms with Gasteiger partial charge in [0.05, 0.1) is 11.3 Å². The fraction of sp³-hybridized carbons (Fsp3) is 0.294. The zero-order chi connectivity index (χ0) is 16.7. The molecule has 0 aliphatic heterocycles. The van der Waals surface area contributed by atoms with E-state index in [1.165, 1.54) is 0 Å². The van der Waals surface area contributed by atoms with Crippen molar-refractivity contribution in [3.63, 3.8) is 0 Å². The predicted molar refractivity (Wildman–Crippen MR) is 90.7 cm³/mol.